The Balaban J connectivity index is 1.44. The maximum Gasteiger partial charge on any atom is 0.419 e. The van der Waals surface area contributed by atoms with Crippen molar-refractivity contribution in [2.75, 3.05) is 6.54 Å². The van der Waals surface area contributed by atoms with E-state index < -0.39 is 15.8 Å². The zero-order chi connectivity index (χ0) is 20.6. The van der Waals surface area contributed by atoms with Crippen molar-refractivity contribution in [3.05, 3.63) is 64.5 Å². The average molecular weight is 414 g/mol. The van der Waals surface area contributed by atoms with Crippen LogP contribution in [0.5, 0.6) is 0 Å². The fourth-order valence-corrected chi connectivity index (χ4v) is 3.87. The van der Waals surface area contributed by atoms with Crippen LogP contribution in [-0.2, 0) is 23.5 Å². The molecule has 0 fully saturated rings. The van der Waals surface area contributed by atoms with E-state index in [4.69, 9.17) is 8.94 Å². The zero-order valence-corrected chi connectivity index (χ0v) is 16.6. The summed E-state index contributed by atoms with van der Waals surface area (Å²) < 4.78 is 38.9. The van der Waals surface area contributed by atoms with Gasteiger partial charge in [-0.2, -0.15) is 4.98 Å². The summed E-state index contributed by atoms with van der Waals surface area (Å²) in [6.45, 7) is 2.00. The van der Waals surface area contributed by atoms with E-state index in [1.165, 1.54) is 4.57 Å². The van der Waals surface area contributed by atoms with Crippen LogP contribution in [0.2, 0.25) is 0 Å². The molecule has 0 amide bonds. The number of sulfonamides is 1. The zero-order valence-electron chi connectivity index (χ0n) is 15.7. The Morgan fingerprint density at radius 1 is 1.14 bits per heavy atom. The normalized spacial score (nSPS) is 11.9. The van der Waals surface area contributed by atoms with Crippen LogP contribution in [0.3, 0.4) is 0 Å². The number of aromatic nitrogens is 3. The van der Waals surface area contributed by atoms with Crippen molar-refractivity contribution >= 4 is 21.1 Å². The van der Waals surface area contributed by atoms with Gasteiger partial charge in [0.2, 0.25) is 21.7 Å². The van der Waals surface area contributed by atoms with E-state index in [0.29, 0.717) is 28.4 Å². The molecule has 1 N–H and O–H groups in total. The number of nitrogens with one attached hydrogen (secondary N) is 1. The van der Waals surface area contributed by atoms with Crippen molar-refractivity contribution in [1.82, 2.24) is 19.4 Å². The predicted molar refractivity (Wildman–Crippen MR) is 105 cm³/mol. The lowest BCUT2D eigenvalue weighted by atomic mass is 10.2. The number of hydrogen-bond donors (Lipinski definition) is 1. The van der Waals surface area contributed by atoms with E-state index in [1.807, 2.05) is 6.92 Å². The predicted octanol–water partition coefficient (Wildman–Crippen LogP) is 2.01. The number of rotatable bonds is 6. The van der Waals surface area contributed by atoms with E-state index in [1.54, 1.807) is 49.5 Å². The standard InChI is InChI=1S/C19H18N4O5S/c1-12-3-6-14(7-4-12)29(25,26)20-10-9-17-21-18(22-28-17)13-5-8-15-16(11-13)27-19(24)23(15)2/h3-8,11,20H,9-10H2,1-2H3. The van der Waals surface area contributed by atoms with Gasteiger partial charge in [-0.15, -0.1) is 0 Å². The van der Waals surface area contributed by atoms with Crippen LogP contribution in [0, 0.1) is 6.92 Å². The van der Waals surface area contributed by atoms with Crippen molar-refractivity contribution in [3.8, 4) is 11.4 Å². The Labute approximate surface area is 166 Å². The molecule has 10 heteroatoms. The maximum absolute atomic E-state index is 12.3. The van der Waals surface area contributed by atoms with Gasteiger partial charge in [0.25, 0.3) is 0 Å². The van der Waals surface area contributed by atoms with Crippen LogP contribution in [0.4, 0.5) is 0 Å². The molecule has 0 aliphatic carbocycles. The van der Waals surface area contributed by atoms with E-state index in [0.717, 1.165) is 5.56 Å². The van der Waals surface area contributed by atoms with Gasteiger partial charge in [-0.3, -0.25) is 4.57 Å². The molecule has 4 rings (SSSR count). The molecule has 9 nitrogen and oxygen atoms in total. The van der Waals surface area contributed by atoms with Crippen LogP contribution < -0.4 is 10.5 Å². The molecule has 0 aliphatic rings. The number of hydrogen-bond acceptors (Lipinski definition) is 7. The lowest BCUT2D eigenvalue weighted by Crippen LogP contribution is -2.26. The van der Waals surface area contributed by atoms with Gasteiger partial charge in [0.15, 0.2) is 5.58 Å². The van der Waals surface area contributed by atoms with Crippen LogP contribution in [-0.4, -0.2) is 29.7 Å². The van der Waals surface area contributed by atoms with Crippen molar-refractivity contribution in [2.45, 2.75) is 18.2 Å². The third kappa shape index (κ3) is 3.84. The number of nitrogens with zero attached hydrogens (tertiary/aromatic N) is 3. The molecule has 0 atom stereocenters. The minimum atomic E-state index is -3.60. The highest BCUT2D eigenvalue weighted by Crippen LogP contribution is 2.21. The summed E-state index contributed by atoms with van der Waals surface area (Å²) in [6, 6.07) is 11.7. The van der Waals surface area contributed by atoms with Crippen LogP contribution in [0.15, 0.2) is 61.1 Å². The average Bonchev–Trinajstić information content (AvgIpc) is 3.27. The SMILES string of the molecule is Cc1ccc(S(=O)(=O)NCCc2nc(-c3ccc4c(c3)oc(=O)n4C)no2)cc1. The lowest BCUT2D eigenvalue weighted by Gasteiger charge is -2.05. The molecule has 0 spiro atoms. The minimum absolute atomic E-state index is 0.116. The summed E-state index contributed by atoms with van der Waals surface area (Å²) in [5.41, 5.74) is 2.69. The first kappa shape index (κ1) is 19.1. The van der Waals surface area contributed by atoms with E-state index >= 15 is 0 Å². The highest BCUT2D eigenvalue weighted by atomic mass is 32.2. The van der Waals surface area contributed by atoms with Gasteiger partial charge in [0, 0.05) is 25.6 Å². The fourth-order valence-electron chi connectivity index (χ4n) is 2.84. The van der Waals surface area contributed by atoms with Crippen molar-refractivity contribution in [1.29, 1.82) is 0 Å². The molecular formula is C19H18N4O5S. The van der Waals surface area contributed by atoms with Gasteiger partial charge < -0.3 is 8.94 Å². The molecule has 0 saturated heterocycles. The molecule has 2 aromatic carbocycles. The van der Waals surface area contributed by atoms with Gasteiger partial charge in [0.05, 0.1) is 10.4 Å². The third-order valence-corrected chi connectivity index (χ3v) is 5.96. The molecule has 2 heterocycles. The van der Waals surface area contributed by atoms with Crippen molar-refractivity contribution in [3.63, 3.8) is 0 Å². The quantitative estimate of drug-likeness (QED) is 0.512. The summed E-state index contributed by atoms with van der Waals surface area (Å²) in [5.74, 6) is 0.169. The first-order valence-corrected chi connectivity index (χ1v) is 10.3. The number of aryl methyl sites for hydroxylation is 2. The molecule has 29 heavy (non-hydrogen) atoms. The van der Waals surface area contributed by atoms with Crippen molar-refractivity contribution < 1.29 is 17.4 Å². The fraction of sp³-hybridized carbons (Fsp3) is 0.211. The summed E-state index contributed by atoms with van der Waals surface area (Å²) in [7, 11) is -1.98. The molecule has 4 aromatic rings. The van der Waals surface area contributed by atoms with Crippen LogP contribution in [0.25, 0.3) is 22.5 Å². The van der Waals surface area contributed by atoms with Gasteiger partial charge in [-0.1, -0.05) is 22.9 Å². The minimum Gasteiger partial charge on any atom is -0.408 e. The number of fused-ring (bicyclic) bond motifs is 1. The van der Waals surface area contributed by atoms with Crippen LogP contribution >= 0.6 is 0 Å². The van der Waals surface area contributed by atoms with Crippen molar-refractivity contribution in [2.24, 2.45) is 7.05 Å². The summed E-state index contributed by atoms with van der Waals surface area (Å²) in [5, 5.41) is 3.92. The summed E-state index contributed by atoms with van der Waals surface area (Å²) in [6.07, 6.45) is 0.237. The van der Waals surface area contributed by atoms with E-state index in [-0.39, 0.29) is 17.9 Å². The molecular weight excluding hydrogens is 396 g/mol. The van der Waals surface area contributed by atoms with Gasteiger partial charge in [0.1, 0.15) is 0 Å². The first-order valence-electron chi connectivity index (χ1n) is 8.82. The Hall–Kier alpha value is -3.24. The summed E-state index contributed by atoms with van der Waals surface area (Å²) in [4.78, 5) is 16.1. The number of benzene rings is 2. The van der Waals surface area contributed by atoms with E-state index in [9.17, 15) is 13.2 Å². The topological polar surface area (TPSA) is 120 Å². The second kappa shape index (κ2) is 7.30. The molecule has 0 bridgehead atoms. The lowest BCUT2D eigenvalue weighted by molar-refractivity contribution is 0.379. The maximum atomic E-state index is 12.3. The Morgan fingerprint density at radius 2 is 1.90 bits per heavy atom. The molecule has 150 valence electrons. The second-order valence-corrected chi connectivity index (χ2v) is 8.35. The highest BCUT2D eigenvalue weighted by molar-refractivity contribution is 7.89. The second-order valence-electron chi connectivity index (χ2n) is 6.58. The Kier molecular flexibility index (Phi) is 4.81. The number of oxazole rings is 1. The Morgan fingerprint density at radius 3 is 2.66 bits per heavy atom. The van der Waals surface area contributed by atoms with E-state index in [2.05, 4.69) is 14.9 Å². The monoisotopic (exact) mass is 414 g/mol. The smallest absolute Gasteiger partial charge is 0.408 e. The molecule has 0 unspecified atom stereocenters. The van der Waals surface area contributed by atoms with Gasteiger partial charge in [-0.05, 0) is 37.3 Å². The Bertz CT molecular complexity index is 1330. The van der Waals surface area contributed by atoms with Crippen LogP contribution in [0.1, 0.15) is 11.5 Å². The largest absolute Gasteiger partial charge is 0.419 e. The highest BCUT2D eigenvalue weighted by Gasteiger charge is 2.15. The van der Waals surface area contributed by atoms with Gasteiger partial charge >= 0.3 is 5.76 Å². The molecule has 0 radical (unpaired) electrons. The molecule has 0 saturated carbocycles. The third-order valence-electron chi connectivity index (χ3n) is 4.48. The summed E-state index contributed by atoms with van der Waals surface area (Å²) >= 11 is 0. The van der Waals surface area contributed by atoms with Gasteiger partial charge in [-0.25, -0.2) is 17.9 Å². The molecule has 0 aliphatic heterocycles. The first-order chi connectivity index (χ1) is 13.8. The molecule has 2 aromatic heterocycles.